The molecule has 1 N–H and O–H groups in total. The highest BCUT2D eigenvalue weighted by Gasteiger charge is 2.13. The van der Waals surface area contributed by atoms with E-state index in [9.17, 15) is 8.42 Å². The zero-order valence-corrected chi connectivity index (χ0v) is 16.2. The van der Waals surface area contributed by atoms with Gasteiger partial charge in [-0.2, -0.15) is 5.10 Å². The average Bonchev–Trinajstić information content (AvgIpc) is 3.17. The Labute approximate surface area is 163 Å². The molecule has 4 aromatic rings. The molecule has 0 aliphatic heterocycles. The molecule has 0 aliphatic rings. The number of benzene rings is 1. The van der Waals surface area contributed by atoms with Crippen molar-refractivity contribution in [2.24, 2.45) is 0 Å². The van der Waals surface area contributed by atoms with Gasteiger partial charge in [-0.15, -0.1) is 0 Å². The summed E-state index contributed by atoms with van der Waals surface area (Å²) in [5.74, 6) is 0. The van der Waals surface area contributed by atoms with E-state index in [1.165, 1.54) is 6.26 Å². The molecule has 0 radical (unpaired) electrons. The van der Waals surface area contributed by atoms with Crippen molar-refractivity contribution in [2.75, 3.05) is 6.26 Å². The van der Waals surface area contributed by atoms with E-state index < -0.39 is 9.84 Å². The van der Waals surface area contributed by atoms with Crippen LogP contribution in [-0.2, 0) is 9.84 Å². The van der Waals surface area contributed by atoms with Gasteiger partial charge in [-0.25, -0.2) is 8.42 Å². The third-order valence-corrected chi connectivity index (χ3v) is 5.56. The van der Waals surface area contributed by atoms with Gasteiger partial charge in [0.2, 0.25) is 0 Å². The molecule has 0 atom stereocenters. The van der Waals surface area contributed by atoms with Gasteiger partial charge in [0, 0.05) is 29.3 Å². The molecule has 3 heterocycles. The summed E-state index contributed by atoms with van der Waals surface area (Å²) in [5, 5.41) is 7.22. The second kappa shape index (κ2) is 7.01. The lowest BCUT2D eigenvalue weighted by molar-refractivity contribution is 0.602. The number of nitrogens with zero attached hydrogens (tertiary/aromatic N) is 3. The van der Waals surface area contributed by atoms with Gasteiger partial charge < -0.3 is 0 Å². The maximum Gasteiger partial charge on any atom is 0.175 e. The van der Waals surface area contributed by atoms with Crippen LogP contribution >= 0.6 is 0 Å². The molecular weight excluding hydrogens is 372 g/mol. The fraction of sp³-hybridized carbons (Fsp3) is 0.0952. The standard InChI is InChI=1S/C21H18N4O2S/c1-14-4-3-5-19(24-14)21-18(13-23-25-21)16-10-11-22-20(12-16)15-6-8-17(9-7-15)28(2,26)27/h3-13H,1-2H3,(H,23,25). The lowest BCUT2D eigenvalue weighted by atomic mass is 10.0. The molecule has 0 saturated carbocycles. The van der Waals surface area contributed by atoms with Gasteiger partial charge in [0.05, 0.1) is 28.2 Å². The predicted molar refractivity (Wildman–Crippen MR) is 108 cm³/mol. The molecule has 0 bridgehead atoms. The summed E-state index contributed by atoms with van der Waals surface area (Å²) in [4.78, 5) is 9.29. The highest BCUT2D eigenvalue weighted by Crippen LogP contribution is 2.31. The number of hydrogen-bond acceptors (Lipinski definition) is 5. The number of rotatable bonds is 4. The SMILES string of the molecule is Cc1cccc(-c2[nH]ncc2-c2ccnc(-c3ccc(S(C)(=O)=O)cc3)c2)n1. The van der Waals surface area contributed by atoms with E-state index in [4.69, 9.17) is 0 Å². The van der Waals surface area contributed by atoms with Gasteiger partial charge >= 0.3 is 0 Å². The first-order valence-electron chi connectivity index (χ1n) is 8.66. The minimum atomic E-state index is -3.22. The van der Waals surface area contributed by atoms with Crippen LogP contribution in [0.1, 0.15) is 5.69 Å². The Morgan fingerprint density at radius 1 is 0.929 bits per heavy atom. The first-order chi connectivity index (χ1) is 13.4. The van der Waals surface area contributed by atoms with Crippen molar-refractivity contribution >= 4 is 9.84 Å². The van der Waals surface area contributed by atoms with Crippen LogP contribution in [0.5, 0.6) is 0 Å². The second-order valence-corrected chi connectivity index (χ2v) is 8.56. The van der Waals surface area contributed by atoms with E-state index in [-0.39, 0.29) is 4.90 Å². The fourth-order valence-electron chi connectivity index (χ4n) is 3.01. The summed E-state index contributed by atoms with van der Waals surface area (Å²) >= 11 is 0. The van der Waals surface area contributed by atoms with Crippen molar-refractivity contribution in [3.63, 3.8) is 0 Å². The number of aromatic amines is 1. The molecule has 0 unspecified atom stereocenters. The summed E-state index contributed by atoms with van der Waals surface area (Å²) in [6.45, 7) is 1.95. The van der Waals surface area contributed by atoms with Gasteiger partial charge in [0.15, 0.2) is 9.84 Å². The molecule has 0 spiro atoms. The summed E-state index contributed by atoms with van der Waals surface area (Å²) in [6, 6.07) is 16.4. The molecule has 140 valence electrons. The normalized spacial score (nSPS) is 11.5. The van der Waals surface area contributed by atoms with Crippen molar-refractivity contribution in [1.82, 2.24) is 20.2 Å². The zero-order chi connectivity index (χ0) is 19.7. The Morgan fingerprint density at radius 3 is 2.43 bits per heavy atom. The fourth-order valence-corrected chi connectivity index (χ4v) is 3.64. The Balaban J connectivity index is 1.74. The lowest BCUT2D eigenvalue weighted by Gasteiger charge is -2.07. The average molecular weight is 390 g/mol. The van der Waals surface area contributed by atoms with Crippen molar-refractivity contribution in [2.45, 2.75) is 11.8 Å². The van der Waals surface area contributed by atoms with E-state index in [0.717, 1.165) is 39.5 Å². The quantitative estimate of drug-likeness (QED) is 0.571. The monoisotopic (exact) mass is 390 g/mol. The minimum Gasteiger partial charge on any atom is -0.276 e. The summed E-state index contributed by atoms with van der Waals surface area (Å²) in [5.41, 5.74) is 6.06. The molecule has 4 rings (SSSR count). The van der Waals surface area contributed by atoms with Crippen LogP contribution in [0.15, 0.2) is 71.9 Å². The van der Waals surface area contributed by atoms with Gasteiger partial charge in [0.1, 0.15) is 0 Å². The second-order valence-electron chi connectivity index (χ2n) is 6.55. The number of hydrogen-bond donors (Lipinski definition) is 1. The Bertz CT molecular complexity index is 1250. The first-order valence-corrected chi connectivity index (χ1v) is 10.6. The van der Waals surface area contributed by atoms with Crippen molar-refractivity contribution in [3.8, 4) is 33.8 Å². The Morgan fingerprint density at radius 2 is 1.71 bits per heavy atom. The van der Waals surface area contributed by atoms with Gasteiger partial charge in [-0.1, -0.05) is 18.2 Å². The maximum absolute atomic E-state index is 11.7. The topological polar surface area (TPSA) is 88.6 Å². The zero-order valence-electron chi connectivity index (χ0n) is 15.4. The third-order valence-electron chi connectivity index (χ3n) is 4.43. The number of H-pyrrole nitrogens is 1. The molecule has 1 aromatic carbocycles. The summed E-state index contributed by atoms with van der Waals surface area (Å²) in [7, 11) is -3.22. The van der Waals surface area contributed by atoms with Crippen LogP contribution in [0.4, 0.5) is 0 Å². The summed E-state index contributed by atoms with van der Waals surface area (Å²) in [6.07, 6.45) is 4.70. The van der Waals surface area contributed by atoms with E-state index >= 15 is 0 Å². The summed E-state index contributed by atoms with van der Waals surface area (Å²) < 4.78 is 23.3. The highest BCUT2D eigenvalue weighted by atomic mass is 32.2. The largest absolute Gasteiger partial charge is 0.276 e. The molecule has 7 heteroatoms. The Hall–Kier alpha value is -3.32. The number of nitrogens with one attached hydrogen (secondary N) is 1. The predicted octanol–water partition coefficient (Wildman–Crippen LogP) is 3.91. The van der Waals surface area contributed by atoms with Crippen molar-refractivity contribution in [3.05, 3.63) is 72.7 Å². The number of pyridine rings is 2. The molecule has 0 aliphatic carbocycles. The minimum absolute atomic E-state index is 0.287. The Kier molecular flexibility index (Phi) is 4.52. The van der Waals surface area contributed by atoms with Crippen LogP contribution in [-0.4, -0.2) is 34.8 Å². The number of sulfone groups is 1. The van der Waals surface area contributed by atoms with Gasteiger partial charge in [-0.05, 0) is 48.9 Å². The number of aromatic nitrogens is 4. The number of aryl methyl sites for hydroxylation is 1. The first kappa shape index (κ1) is 18.1. The maximum atomic E-state index is 11.7. The molecule has 28 heavy (non-hydrogen) atoms. The van der Waals surface area contributed by atoms with E-state index in [0.29, 0.717) is 0 Å². The highest BCUT2D eigenvalue weighted by molar-refractivity contribution is 7.90. The molecule has 3 aromatic heterocycles. The van der Waals surface area contributed by atoms with Crippen LogP contribution in [0.25, 0.3) is 33.8 Å². The van der Waals surface area contributed by atoms with Gasteiger partial charge in [-0.3, -0.25) is 15.1 Å². The van der Waals surface area contributed by atoms with E-state index in [2.05, 4.69) is 20.2 Å². The van der Waals surface area contributed by atoms with E-state index in [1.54, 1.807) is 36.7 Å². The molecule has 0 amide bonds. The molecule has 6 nitrogen and oxygen atoms in total. The molecule has 0 saturated heterocycles. The van der Waals surface area contributed by atoms with Crippen molar-refractivity contribution in [1.29, 1.82) is 0 Å². The van der Waals surface area contributed by atoms with E-state index in [1.807, 2.05) is 37.3 Å². The van der Waals surface area contributed by atoms with Crippen molar-refractivity contribution < 1.29 is 8.42 Å². The third kappa shape index (κ3) is 3.57. The van der Waals surface area contributed by atoms with Crippen LogP contribution < -0.4 is 0 Å². The van der Waals surface area contributed by atoms with Gasteiger partial charge in [0.25, 0.3) is 0 Å². The smallest absolute Gasteiger partial charge is 0.175 e. The van der Waals surface area contributed by atoms with Crippen LogP contribution in [0.3, 0.4) is 0 Å². The molecule has 0 fully saturated rings. The van der Waals surface area contributed by atoms with Crippen LogP contribution in [0, 0.1) is 6.92 Å². The lowest BCUT2D eigenvalue weighted by Crippen LogP contribution is -1.96. The van der Waals surface area contributed by atoms with Crippen LogP contribution in [0.2, 0.25) is 0 Å². The molecular formula is C21H18N4O2S.